The number of nitrogens with one attached hydrogen (secondary N) is 1. The van der Waals surface area contributed by atoms with E-state index in [1.54, 1.807) is 4.90 Å². The third-order valence-corrected chi connectivity index (χ3v) is 8.28. The van der Waals surface area contributed by atoms with Gasteiger partial charge in [0.05, 0.1) is 30.7 Å². The van der Waals surface area contributed by atoms with Crippen LogP contribution >= 0.6 is 0 Å². The lowest BCUT2D eigenvalue weighted by Gasteiger charge is -2.36. The van der Waals surface area contributed by atoms with Gasteiger partial charge in [-0.15, -0.1) is 0 Å². The highest BCUT2D eigenvalue weighted by Crippen LogP contribution is 2.22. The summed E-state index contributed by atoms with van der Waals surface area (Å²) in [6, 6.07) is 0.143. The average molecular weight is 443 g/mol. The fraction of sp³-hybridized carbons (Fsp3) is 0.900. The summed E-state index contributed by atoms with van der Waals surface area (Å²) in [7, 11) is -3.06. The molecule has 9 nitrogen and oxygen atoms in total. The molecule has 0 radical (unpaired) electrons. The van der Waals surface area contributed by atoms with E-state index in [0.29, 0.717) is 38.7 Å². The van der Waals surface area contributed by atoms with E-state index in [1.165, 1.54) is 0 Å². The SMILES string of the molecule is O=C(CN1CCN(CC(=O)N(C[C@@H]2CCCO2)[C@@H]2CCS(=O)(=O)C2)CC1)NC1CC1. The number of carbonyl (C=O) groups excluding carboxylic acids is 2. The van der Waals surface area contributed by atoms with Crippen molar-refractivity contribution in [3.63, 3.8) is 0 Å². The van der Waals surface area contributed by atoms with Gasteiger partial charge in [0.15, 0.2) is 9.84 Å². The lowest BCUT2D eigenvalue weighted by molar-refractivity contribution is -0.136. The normalized spacial score (nSPS) is 29.7. The molecule has 0 aromatic rings. The molecular weight excluding hydrogens is 408 g/mol. The second-order valence-corrected chi connectivity index (χ2v) is 11.4. The van der Waals surface area contributed by atoms with E-state index in [-0.39, 0.29) is 35.5 Å². The number of hydrogen-bond acceptors (Lipinski definition) is 7. The molecule has 1 aliphatic carbocycles. The zero-order valence-electron chi connectivity index (χ0n) is 17.6. The Hall–Kier alpha value is -1.23. The van der Waals surface area contributed by atoms with Crippen LogP contribution in [0.25, 0.3) is 0 Å². The van der Waals surface area contributed by atoms with Gasteiger partial charge in [-0.3, -0.25) is 19.4 Å². The topological polar surface area (TPSA) is 99.3 Å². The largest absolute Gasteiger partial charge is 0.376 e. The minimum atomic E-state index is -3.06. The van der Waals surface area contributed by atoms with Crippen molar-refractivity contribution in [2.24, 2.45) is 0 Å². The average Bonchev–Trinajstić information content (AvgIpc) is 3.21. The van der Waals surface area contributed by atoms with E-state index in [0.717, 1.165) is 51.9 Å². The molecule has 30 heavy (non-hydrogen) atoms. The smallest absolute Gasteiger partial charge is 0.237 e. The van der Waals surface area contributed by atoms with Crippen LogP contribution in [-0.4, -0.2) is 117 Å². The summed E-state index contributed by atoms with van der Waals surface area (Å²) >= 11 is 0. The first-order valence-corrected chi connectivity index (χ1v) is 13.1. The van der Waals surface area contributed by atoms with Crippen LogP contribution in [0.15, 0.2) is 0 Å². The van der Waals surface area contributed by atoms with Crippen molar-refractivity contribution in [1.29, 1.82) is 0 Å². The molecule has 0 aromatic heterocycles. The highest BCUT2D eigenvalue weighted by molar-refractivity contribution is 7.91. The Balaban J connectivity index is 1.27. The summed E-state index contributed by atoms with van der Waals surface area (Å²) in [4.78, 5) is 31.1. The number of carbonyl (C=O) groups is 2. The molecule has 1 saturated carbocycles. The zero-order valence-corrected chi connectivity index (χ0v) is 18.4. The highest BCUT2D eigenvalue weighted by Gasteiger charge is 2.37. The zero-order chi connectivity index (χ0) is 21.1. The van der Waals surface area contributed by atoms with E-state index in [2.05, 4.69) is 15.1 Å². The number of amides is 2. The fourth-order valence-corrected chi connectivity index (χ4v) is 6.31. The van der Waals surface area contributed by atoms with Crippen LogP contribution in [0.1, 0.15) is 32.1 Å². The van der Waals surface area contributed by atoms with Crippen LogP contribution in [0.2, 0.25) is 0 Å². The number of nitrogens with zero attached hydrogens (tertiary/aromatic N) is 3. The van der Waals surface area contributed by atoms with E-state index >= 15 is 0 Å². The van der Waals surface area contributed by atoms with E-state index in [9.17, 15) is 18.0 Å². The molecule has 10 heteroatoms. The second-order valence-electron chi connectivity index (χ2n) is 9.13. The lowest BCUT2D eigenvalue weighted by Crippen LogP contribution is -2.54. The maximum atomic E-state index is 13.1. The van der Waals surface area contributed by atoms with Gasteiger partial charge in [-0.1, -0.05) is 0 Å². The minimum absolute atomic E-state index is 0.00692. The van der Waals surface area contributed by atoms with Crippen molar-refractivity contribution >= 4 is 21.7 Å². The van der Waals surface area contributed by atoms with Crippen molar-refractivity contribution in [3.05, 3.63) is 0 Å². The highest BCUT2D eigenvalue weighted by atomic mass is 32.2. The molecule has 0 unspecified atom stereocenters. The molecule has 3 heterocycles. The van der Waals surface area contributed by atoms with Crippen molar-refractivity contribution in [3.8, 4) is 0 Å². The van der Waals surface area contributed by atoms with Crippen LogP contribution < -0.4 is 5.32 Å². The van der Waals surface area contributed by atoms with Gasteiger partial charge in [0.2, 0.25) is 11.8 Å². The van der Waals surface area contributed by atoms with Gasteiger partial charge in [0.1, 0.15) is 0 Å². The van der Waals surface area contributed by atoms with E-state index in [4.69, 9.17) is 4.74 Å². The molecule has 2 amide bonds. The predicted molar refractivity (Wildman–Crippen MR) is 112 cm³/mol. The van der Waals surface area contributed by atoms with Gasteiger partial charge in [-0.05, 0) is 32.1 Å². The van der Waals surface area contributed by atoms with Crippen LogP contribution in [0, 0.1) is 0 Å². The number of hydrogen-bond donors (Lipinski definition) is 1. The fourth-order valence-electron chi connectivity index (χ4n) is 4.58. The first-order chi connectivity index (χ1) is 14.4. The number of sulfone groups is 1. The van der Waals surface area contributed by atoms with Crippen LogP contribution in [-0.2, 0) is 24.2 Å². The summed E-state index contributed by atoms with van der Waals surface area (Å²) in [6.45, 7) is 4.91. The first-order valence-electron chi connectivity index (χ1n) is 11.2. The molecule has 0 bridgehead atoms. The molecule has 0 spiro atoms. The second kappa shape index (κ2) is 9.50. The molecule has 3 saturated heterocycles. The summed E-state index contributed by atoms with van der Waals surface area (Å²) in [5.74, 6) is 0.309. The Morgan fingerprint density at radius 2 is 1.70 bits per heavy atom. The Labute approximate surface area is 179 Å². The van der Waals surface area contributed by atoms with Gasteiger partial charge < -0.3 is 15.0 Å². The number of rotatable bonds is 8. The maximum absolute atomic E-state index is 13.1. The monoisotopic (exact) mass is 442 g/mol. The Bertz CT molecular complexity index is 727. The molecule has 170 valence electrons. The van der Waals surface area contributed by atoms with Gasteiger partial charge in [0.25, 0.3) is 0 Å². The van der Waals surface area contributed by atoms with Crippen molar-refractivity contribution < 1.29 is 22.7 Å². The summed E-state index contributed by atoms with van der Waals surface area (Å²) < 4.78 is 29.7. The molecular formula is C20H34N4O5S. The van der Waals surface area contributed by atoms with Crippen LogP contribution in [0.3, 0.4) is 0 Å². The molecule has 2 atom stereocenters. The lowest BCUT2D eigenvalue weighted by atomic mass is 10.1. The molecule has 0 aromatic carbocycles. The molecule has 1 N–H and O–H groups in total. The molecule has 4 aliphatic rings. The van der Waals surface area contributed by atoms with E-state index in [1.807, 2.05) is 0 Å². The Morgan fingerprint density at radius 1 is 1.00 bits per heavy atom. The van der Waals surface area contributed by atoms with Crippen LogP contribution in [0.5, 0.6) is 0 Å². The summed E-state index contributed by atoms with van der Waals surface area (Å²) in [5, 5.41) is 3.02. The van der Waals surface area contributed by atoms with Gasteiger partial charge >= 0.3 is 0 Å². The van der Waals surface area contributed by atoms with Gasteiger partial charge in [-0.25, -0.2) is 8.42 Å². The quantitative estimate of drug-likeness (QED) is 0.519. The standard InChI is InChI=1S/C20H34N4O5S/c25-19(21-16-3-4-16)13-22-6-8-23(9-7-22)14-20(26)24(12-18-2-1-10-29-18)17-5-11-30(27,28)15-17/h16-18H,1-15H2,(H,21,25)/t17-,18+/m1/s1. The van der Waals surface area contributed by atoms with Crippen molar-refractivity contribution in [2.45, 2.75) is 50.3 Å². The summed E-state index contributed by atoms with van der Waals surface area (Å²) in [5.41, 5.74) is 0. The molecule has 4 rings (SSSR count). The Morgan fingerprint density at radius 3 is 2.27 bits per heavy atom. The Kier molecular flexibility index (Phi) is 6.96. The predicted octanol–water partition coefficient (Wildman–Crippen LogP) is -0.923. The first kappa shape index (κ1) is 22.0. The maximum Gasteiger partial charge on any atom is 0.237 e. The molecule has 3 aliphatic heterocycles. The number of ether oxygens (including phenoxy) is 1. The molecule has 4 fully saturated rings. The minimum Gasteiger partial charge on any atom is -0.376 e. The third kappa shape index (κ3) is 6.15. The van der Waals surface area contributed by atoms with Gasteiger partial charge in [0, 0.05) is 51.4 Å². The van der Waals surface area contributed by atoms with E-state index < -0.39 is 9.84 Å². The number of piperazine rings is 1. The third-order valence-electron chi connectivity index (χ3n) is 6.53. The van der Waals surface area contributed by atoms with Gasteiger partial charge in [-0.2, -0.15) is 0 Å². The summed E-state index contributed by atoms with van der Waals surface area (Å²) in [6.07, 6.45) is 4.62. The van der Waals surface area contributed by atoms with Crippen molar-refractivity contribution in [2.75, 3.05) is 63.9 Å². The van der Waals surface area contributed by atoms with Crippen LogP contribution in [0.4, 0.5) is 0 Å². The van der Waals surface area contributed by atoms with Crippen molar-refractivity contribution in [1.82, 2.24) is 20.0 Å².